The third kappa shape index (κ3) is 59.3. The largest absolute Gasteiger partial charge is 0.472 e. The van der Waals surface area contributed by atoms with Crippen LogP contribution in [0.1, 0.15) is 232 Å². The number of phosphoric acid groups is 1. The predicted octanol–water partition coefficient (Wildman–Crippen LogP) is 19.0. The Hall–Kier alpha value is -3.85. The lowest BCUT2D eigenvalue weighted by Crippen LogP contribution is -2.29. The standard InChI is InChI=1S/C65H108NO8P/c1-3-5-7-9-11-13-15-17-19-21-23-25-27-29-30-31-32-34-36-38-40-42-44-46-48-50-52-54-56-58-65(68)74-63(62-73-75(69,70)72-60-59-66)61-71-64(67)57-55-53-51-49-47-45-43-41-39-37-35-33-28-26-24-22-20-18-16-14-12-10-8-6-4-2/h5-8,11-14,17-20,23-26,29-30,32,34,38,40,63H,3-4,9-10,15-16,21-22,27-28,31,33,35-37,39,41-62,66H2,1-2H3,(H,69,70)/b7-5-,8-6-,13-11-,14-12-,19-17-,20-18-,25-23-,26-24-,30-29-,34-32-,40-38-. The summed E-state index contributed by atoms with van der Waals surface area (Å²) >= 11 is 0. The normalized spacial score (nSPS) is 14.0. The molecule has 3 N–H and O–H groups in total. The Labute approximate surface area is 459 Å². The number of carbonyl (C=O) groups is 2. The first-order valence-corrected chi connectivity index (χ1v) is 31.2. The van der Waals surface area contributed by atoms with Gasteiger partial charge in [0.25, 0.3) is 0 Å². The molecule has 0 aliphatic rings. The fraction of sp³-hybridized carbons (Fsp3) is 0.631. The van der Waals surface area contributed by atoms with Crippen LogP contribution in [-0.2, 0) is 32.7 Å². The first kappa shape index (κ1) is 71.2. The molecule has 0 rings (SSSR count). The van der Waals surface area contributed by atoms with Crippen molar-refractivity contribution in [3.05, 3.63) is 134 Å². The van der Waals surface area contributed by atoms with E-state index in [1.807, 2.05) is 0 Å². The van der Waals surface area contributed by atoms with Crippen LogP contribution in [-0.4, -0.2) is 49.3 Å². The molecule has 0 aliphatic carbocycles. The van der Waals surface area contributed by atoms with Crippen LogP contribution < -0.4 is 5.73 Å². The molecule has 0 saturated heterocycles. The topological polar surface area (TPSA) is 134 Å². The summed E-state index contributed by atoms with van der Waals surface area (Å²) in [5, 5.41) is 0. The van der Waals surface area contributed by atoms with Crippen LogP contribution in [0.2, 0.25) is 0 Å². The van der Waals surface area contributed by atoms with Gasteiger partial charge in [-0.05, 0) is 109 Å². The average Bonchev–Trinajstić information content (AvgIpc) is 3.40. The van der Waals surface area contributed by atoms with Gasteiger partial charge < -0.3 is 20.1 Å². The van der Waals surface area contributed by atoms with E-state index in [2.05, 4.69) is 148 Å². The molecule has 2 atom stereocenters. The van der Waals surface area contributed by atoms with Crippen LogP contribution in [0.3, 0.4) is 0 Å². The third-order valence-electron chi connectivity index (χ3n) is 12.0. The molecule has 0 amide bonds. The molecular formula is C65H108NO8P. The second kappa shape index (κ2) is 59.4. The van der Waals surface area contributed by atoms with Crippen molar-refractivity contribution in [1.82, 2.24) is 0 Å². The molecule has 0 aromatic rings. The summed E-state index contributed by atoms with van der Waals surface area (Å²) in [6.45, 7) is 3.50. The van der Waals surface area contributed by atoms with Crippen molar-refractivity contribution in [1.29, 1.82) is 0 Å². The Balaban J connectivity index is 4.04. The average molecular weight is 1060 g/mol. The molecule has 2 unspecified atom stereocenters. The van der Waals surface area contributed by atoms with E-state index in [1.165, 1.54) is 77.0 Å². The van der Waals surface area contributed by atoms with Crippen LogP contribution in [0.5, 0.6) is 0 Å². The van der Waals surface area contributed by atoms with Gasteiger partial charge >= 0.3 is 19.8 Å². The summed E-state index contributed by atoms with van der Waals surface area (Å²) in [6.07, 6.45) is 83.6. The van der Waals surface area contributed by atoms with Crippen molar-refractivity contribution in [2.75, 3.05) is 26.4 Å². The van der Waals surface area contributed by atoms with Gasteiger partial charge in [0.2, 0.25) is 0 Å². The van der Waals surface area contributed by atoms with Crippen molar-refractivity contribution < 1.29 is 37.6 Å². The van der Waals surface area contributed by atoms with E-state index >= 15 is 0 Å². The zero-order valence-corrected chi connectivity index (χ0v) is 48.4. The van der Waals surface area contributed by atoms with Crippen LogP contribution in [0.15, 0.2) is 134 Å². The Bertz CT molecular complexity index is 1680. The highest BCUT2D eigenvalue weighted by Crippen LogP contribution is 2.43. The highest BCUT2D eigenvalue weighted by Gasteiger charge is 2.26. The number of ether oxygens (including phenoxy) is 2. The molecule has 0 spiro atoms. The maximum atomic E-state index is 12.7. The van der Waals surface area contributed by atoms with Gasteiger partial charge in [-0.2, -0.15) is 0 Å². The second-order valence-electron chi connectivity index (χ2n) is 19.1. The number of phosphoric ester groups is 1. The minimum atomic E-state index is -4.40. The number of hydrogen-bond donors (Lipinski definition) is 2. The van der Waals surface area contributed by atoms with E-state index in [9.17, 15) is 19.0 Å². The fourth-order valence-electron chi connectivity index (χ4n) is 7.72. The fourth-order valence-corrected chi connectivity index (χ4v) is 8.49. The van der Waals surface area contributed by atoms with Gasteiger partial charge in [-0.1, -0.05) is 244 Å². The SMILES string of the molecule is CC/C=C\C/C=C\C/C=C\C/C=C\C/C=C\C/C=C\C/C=C\CCCCCCCCCC(=O)OC(COC(=O)CCCCCCCCCCCCCC/C=C\C/C=C\C/C=C\C/C=C\CC)COP(=O)(O)OCCN. The van der Waals surface area contributed by atoms with Gasteiger partial charge in [0.15, 0.2) is 6.10 Å². The third-order valence-corrected chi connectivity index (χ3v) is 13.0. The lowest BCUT2D eigenvalue weighted by molar-refractivity contribution is -0.161. The van der Waals surface area contributed by atoms with E-state index in [0.717, 1.165) is 122 Å². The van der Waals surface area contributed by atoms with Gasteiger partial charge in [-0.15, -0.1) is 0 Å². The summed E-state index contributed by atoms with van der Waals surface area (Å²) in [6, 6.07) is 0. The van der Waals surface area contributed by atoms with Crippen LogP contribution >= 0.6 is 7.82 Å². The van der Waals surface area contributed by atoms with Crippen molar-refractivity contribution in [2.24, 2.45) is 5.73 Å². The molecule has 9 nitrogen and oxygen atoms in total. The van der Waals surface area contributed by atoms with Crippen LogP contribution in [0.4, 0.5) is 0 Å². The Morgan fingerprint density at radius 1 is 0.400 bits per heavy atom. The molecule has 0 aliphatic heterocycles. The molecule has 0 aromatic heterocycles. The molecule has 0 aromatic carbocycles. The summed E-state index contributed by atoms with van der Waals surface area (Å²) in [7, 11) is -4.40. The lowest BCUT2D eigenvalue weighted by Gasteiger charge is -2.19. The van der Waals surface area contributed by atoms with E-state index in [1.54, 1.807) is 0 Å². The van der Waals surface area contributed by atoms with Gasteiger partial charge in [-0.3, -0.25) is 18.6 Å². The Kier molecular flexibility index (Phi) is 56.3. The number of allylic oxidation sites excluding steroid dienone is 22. The number of rotatable bonds is 54. The summed E-state index contributed by atoms with van der Waals surface area (Å²) in [4.78, 5) is 35.2. The quantitative estimate of drug-likeness (QED) is 0.0264. The number of hydrogen-bond acceptors (Lipinski definition) is 8. The molecular weight excluding hydrogens is 954 g/mol. The lowest BCUT2D eigenvalue weighted by atomic mass is 10.0. The smallest absolute Gasteiger partial charge is 0.462 e. The van der Waals surface area contributed by atoms with E-state index in [4.69, 9.17) is 24.3 Å². The maximum absolute atomic E-state index is 12.7. The zero-order valence-electron chi connectivity index (χ0n) is 47.5. The molecule has 0 saturated carbocycles. The minimum absolute atomic E-state index is 0.0442. The molecule has 426 valence electrons. The van der Waals surface area contributed by atoms with Crippen molar-refractivity contribution in [3.63, 3.8) is 0 Å². The minimum Gasteiger partial charge on any atom is -0.462 e. The Morgan fingerprint density at radius 2 is 0.693 bits per heavy atom. The number of nitrogens with two attached hydrogens (primary N) is 1. The monoisotopic (exact) mass is 1060 g/mol. The molecule has 75 heavy (non-hydrogen) atoms. The second-order valence-corrected chi connectivity index (χ2v) is 20.6. The first-order valence-electron chi connectivity index (χ1n) is 29.7. The van der Waals surface area contributed by atoms with E-state index in [0.29, 0.717) is 6.42 Å². The molecule has 0 radical (unpaired) electrons. The number of unbranched alkanes of at least 4 members (excludes halogenated alkanes) is 19. The van der Waals surface area contributed by atoms with Crippen molar-refractivity contribution >= 4 is 19.8 Å². The summed E-state index contributed by atoms with van der Waals surface area (Å²) < 4.78 is 33.1. The Morgan fingerprint density at radius 3 is 1.03 bits per heavy atom. The van der Waals surface area contributed by atoms with E-state index < -0.39 is 32.5 Å². The van der Waals surface area contributed by atoms with Gasteiger partial charge in [0, 0.05) is 19.4 Å². The molecule has 0 heterocycles. The van der Waals surface area contributed by atoms with Gasteiger partial charge in [0.05, 0.1) is 13.2 Å². The van der Waals surface area contributed by atoms with Gasteiger partial charge in [0.1, 0.15) is 6.61 Å². The summed E-state index contributed by atoms with van der Waals surface area (Å²) in [5.41, 5.74) is 5.38. The van der Waals surface area contributed by atoms with Crippen LogP contribution in [0.25, 0.3) is 0 Å². The van der Waals surface area contributed by atoms with Crippen molar-refractivity contribution in [3.8, 4) is 0 Å². The van der Waals surface area contributed by atoms with Gasteiger partial charge in [-0.25, -0.2) is 4.57 Å². The predicted molar refractivity (Wildman–Crippen MR) is 320 cm³/mol. The molecule has 10 heteroatoms. The van der Waals surface area contributed by atoms with Crippen LogP contribution in [0, 0.1) is 0 Å². The van der Waals surface area contributed by atoms with E-state index in [-0.39, 0.29) is 32.6 Å². The summed E-state index contributed by atoms with van der Waals surface area (Å²) in [5.74, 6) is -0.849. The zero-order chi connectivity index (χ0) is 54.5. The number of carbonyl (C=O) groups excluding carboxylic acids is 2. The molecule has 0 bridgehead atoms. The van der Waals surface area contributed by atoms with Crippen molar-refractivity contribution in [2.45, 2.75) is 238 Å². The molecule has 0 fully saturated rings. The highest BCUT2D eigenvalue weighted by molar-refractivity contribution is 7.47. The first-order chi connectivity index (χ1) is 36.8. The maximum Gasteiger partial charge on any atom is 0.472 e. The number of esters is 2. The highest BCUT2D eigenvalue weighted by atomic mass is 31.2.